The second-order valence-electron chi connectivity index (χ2n) is 2.11. The van der Waals surface area contributed by atoms with Gasteiger partial charge in [0.05, 0.1) is 0 Å². The van der Waals surface area contributed by atoms with E-state index in [0.29, 0.717) is 5.57 Å². The largest absolute Gasteiger partial charge is 0.478 e. The van der Waals surface area contributed by atoms with Gasteiger partial charge in [-0.3, -0.25) is 4.79 Å². The minimum Gasteiger partial charge on any atom is -0.478 e. The van der Waals surface area contributed by atoms with Gasteiger partial charge in [0.2, 0.25) is 0 Å². The number of ketones is 1. The predicted molar refractivity (Wildman–Crippen MR) is 50.2 cm³/mol. The van der Waals surface area contributed by atoms with E-state index in [2.05, 4.69) is 0 Å². The lowest BCUT2D eigenvalue weighted by Crippen LogP contribution is -2.04. The third kappa shape index (κ3) is 4.66. The van der Waals surface area contributed by atoms with Crippen molar-refractivity contribution >= 4 is 11.8 Å². The van der Waals surface area contributed by atoms with Crippen molar-refractivity contribution in [2.45, 2.75) is 35.6 Å². The molecule has 0 rings (SSSR count). The maximum absolute atomic E-state index is 10.6. The van der Waals surface area contributed by atoms with Crippen LogP contribution in [-0.2, 0) is 9.59 Å². The van der Waals surface area contributed by atoms with Crippen LogP contribution in [0.1, 0.15) is 35.6 Å². The predicted octanol–water partition coefficient (Wildman–Crippen LogP) is 2.27. The summed E-state index contributed by atoms with van der Waals surface area (Å²) in [5.41, 5.74) is 0.431. The first-order valence-corrected chi connectivity index (χ1v) is 2.88. The maximum Gasteiger partial charge on any atom is 0.331 e. The fourth-order valence-electron chi connectivity index (χ4n) is 0.424. The van der Waals surface area contributed by atoms with Gasteiger partial charge in [-0.25, -0.2) is 4.79 Å². The number of carbonyl (C=O) groups excluding carboxylic acids is 1. The first-order chi connectivity index (χ1) is 4.46. The molecule has 0 fully saturated rings. The van der Waals surface area contributed by atoms with Gasteiger partial charge in [-0.15, -0.1) is 0 Å². The van der Waals surface area contributed by atoms with Crippen LogP contribution >= 0.6 is 0 Å². The average Bonchev–Trinajstić information content (AvgIpc) is 1.84. The Hall–Kier alpha value is -1.12. The molecule has 0 bridgehead atoms. The Labute approximate surface area is 74.1 Å². The van der Waals surface area contributed by atoms with E-state index >= 15 is 0 Å². The summed E-state index contributed by atoms with van der Waals surface area (Å²) in [6.45, 7) is 4.27. The molecule has 0 radical (unpaired) electrons. The van der Waals surface area contributed by atoms with E-state index in [1.807, 2.05) is 0 Å². The first kappa shape index (κ1) is 17.1. The molecule has 0 aromatic carbocycles. The van der Waals surface area contributed by atoms with Crippen LogP contribution in [0.15, 0.2) is 11.1 Å². The second-order valence-corrected chi connectivity index (χ2v) is 2.11. The lowest BCUT2D eigenvalue weighted by atomic mass is 10.1. The summed E-state index contributed by atoms with van der Waals surface area (Å²) >= 11 is 0. The first-order valence-electron chi connectivity index (χ1n) is 2.88. The molecule has 0 unspecified atom stereocenters. The van der Waals surface area contributed by atoms with Crippen molar-refractivity contribution in [3.05, 3.63) is 11.1 Å². The van der Waals surface area contributed by atoms with Gasteiger partial charge in [0.25, 0.3) is 0 Å². The molecule has 0 aromatic rings. The molecule has 0 aliphatic carbocycles. The SMILES string of the molecule is C.C.CC(=O)/C(C)=C(/C)C(=O)O. The summed E-state index contributed by atoms with van der Waals surface area (Å²) in [4.78, 5) is 20.8. The molecule has 0 saturated carbocycles. The summed E-state index contributed by atoms with van der Waals surface area (Å²) in [6.07, 6.45) is 0. The van der Waals surface area contributed by atoms with Gasteiger partial charge in [0.15, 0.2) is 5.78 Å². The molecule has 3 nitrogen and oxygen atoms in total. The van der Waals surface area contributed by atoms with E-state index in [-0.39, 0.29) is 26.2 Å². The molecule has 0 heterocycles. The summed E-state index contributed by atoms with van der Waals surface area (Å²) < 4.78 is 0. The number of carbonyl (C=O) groups is 2. The monoisotopic (exact) mass is 174 g/mol. The number of hydrogen-bond donors (Lipinski definition) is 1. The molecule has 3 heteroatoms. The number of allylic oxidation sites excluding steroid dienone is 1. The van der Waals surface area contributed by atoms with E-state index in [9.17, 15) is 9.59 Å². The van der Waals surface area contributed by atoms with Crippen LogP contribution in [0.5, 0.6) is 0 Å². The molecule has 72 valence electrons. The zero-order valence-corrected chi connectivity index (χ0v) is 6.26. The Bertz CT molecular complexity index is 180. The van der Waals surface area contributed by atoms with Crippen LogP contribution in [0.25, 0.3) is 0 Å². The smallest absolute Gasteiger partial charge is 0.331 e. The van der Waals surface area contributed by atoms with Gasteiger partial charge in [-0.1, -0.05) is 14.9 Å². The van der Waals surface area contributed by atoms with E-state index < -0.39 is 5.97 Å². The summed E-state index contributed by atoms with van der Waals surface area (Å²) in [7, 11) is 0. The molecule has 0 spiro atoms. The van der Waals surface area contributed by atoms with Gasteiger partial charge in [0.1, 0.15) is 0 Å². The number of hydrogen-bond acceptors (Lipinski definition) is 2. The van der Waals surface area contributed by atoms with Crippen molar-refractivity contribution < 1.29 is 14.7 Å². The van der Waals surface area contributed by atoms with Gasteiger partial charge >= 0.3 is 5.97 Å². The molecule has 12 heavy (non-hydrogen) atoms. The topological polar surface area (TPSA) is 54.4 Å². The zero-order valence-electron chi connectivity index (χ0n) is 6.26. The Morgan fingerprint density at radius 1 is 0.917 bits per heavy atom. The Morgan fingerprint density at radius 3 is 1.33 bits per heavy atom. The number of aliphatic carboxylic acids is 1. The molecule has 1 N–H and O–H groups in total. The third-order valence-corrected chi connectivity index (χ3v) is 1.41. The van der Waals surface area contributed by atoms with Crippen LogP contribution < -0.4 is 0 Å². The Morgan fingerprint density at radius 2 is 1.25 bits per heavy atom. The number of carboxylic acid groups (broad SMARTS) is 1. The van der Waals surface area contributed by atoms with Crippen molar-refractivity contribution in [1.82, 2.24) is 0 Å². The summed E-state index contributed by atoms with van der Waals surface area (Å²) in [5.74, 6) is -1.23. The van der Waals surface area contributed by atoms with Crippen LogP contribution in [0.2, 0.25) is 0 Å². The number of carboxylic acids is 1. The highest BCUT2D eigenvalue weighted by molar-refractivity contribution is 6.01. The fourth-order valence-corrected chi connectivity index (χ4v) is 0.424. The normalized spacial score (nSPS) is 10.2. The standard InChI is InChI=1S/C7H10O3.2CH4/c1-4(6(3)8)5(2)7(9)10;;/h1-3H3,(H,9,10);2*1H4/b5-4-;;. The lowest BCUT2D eigenvalue weighted by Gasteiger charge is -1.96. The number of Topliss-reactive ketones (excluding diaryl/α,β-unsaturated/α-hetero) is 1. The van der Waals surface area contributed by atoms with E-state index in [1.54, 1.807) is 0 Å². The van der Waals surface area contributed by atoms with Gasteiger partial charge in [0, 0.05) is 11.1 Å². The molecule has 0 aromatic heterocycles. The zero-order chi connectivity index (χ0) is 8.31. The maximum atomic E-state index is 10.6. The molecule has 0 saturated heterocycles. The van der Waals surface area contributed by atoms with Crippen molar-refractivity contribution in [3.63, 3.8) is 0 Å². The Balaban J connectivity index is -0.000000405. The highest BCUT2D eigenvalue weighted by Crippen LogP contribution is 2.03. The van der Waals surface area contributed by atoms with E-state index in [1.165, 1.54) is 20.8 Å². The molecule has 0 atom stereocenters. The third-order valence-electron chi connectivity index (χ3n) is 1.41. The summed E-state index contributed by atoms with van der Waals surface area (Å²) in [6, 6.07) is 0. The summed E-state index contributed by atoms with van der Waals surface area (Å²) in [5, 5.41) is 8.39. The highest BCUT2D eigenvalue weighted by Gasteiger charge is 2.07. The number of rotatable bonds is 2. The van der Waals surface area contributed by atoms with Crippen LogP contribution in [0.4, 0.5) is 0 Å². The van der Waals surface area contributed by atoms with Crippen molar-refractivity contribution in [3.8, 4) is 0 Å². The lowest BCUT2D eigenvalue weighted by molar-refractivity contribution is -0.133. The van der Waals surface area contributed by atoms with Crippen molar-refractivity contribution in [1.29, 1.82) is 0 Å². The quantitative estimate of drug-likeness (QED) is 0.653. The average molecular weight is 174 g/mol. The van der Waals surface area contributed by atoms with Gasteiger partial charge < -0.3 is 5.11 Å². The fraction of sp³-hybridized carbons (Fsp3) is 0.556. The molecular weight excluding hydrogens is 156 g/mol. The molecule has 0 aliphatic rings. The molecule has 0 amide bonds. The van der Waals surface area contributed by atoms with Crippen molar-refractivity contribution in [2.24, 2.45) is 0 Å². The van der Waals surface area contributed by atoms with Crippen LogP contribution in [-0.4, -0.2) is 16.9 Å². The minimum atomic E-state index is -1.03. The van der Waals surface area contributed by atoms with Gasteiger partial charge in [-0.05, 0) is 20.8 Å². The van der Waals surface area contributed by atoms with Crippen LogP contribution in [0, 0.1) is 0 Å². The van der Waals surface area contributed by atoms with E-state index in [4.69, 9.17) is 5.11 Å². The second kappa shape index (κ2) is 6.58. The van der Waals surface area contributed by atoms with Gasteiger partial charge in [-0.2, -0.15) is 0 Å². The van der Waals surface area contributed by atoms with E-state index in [0.717, 1.165) is 0 Å². The Kier molecular flexibility index (Phi) is 9.38. The molecular formula is C9H18O3. The minimum absolute atomic E-state index is 0. The van der Waals surface area contributed by atoms with Crippen LogP contribution in [0.3, 0.4) is 0 Å². The molecule has 0 aliphatic heterocycles. The van der Waals surface area contributed by atoms with Crippen molar-refractivity contribution in [2.75, 3.05) is 0 Å². The highest BCUT2D eigenvalue weighted by atomic mass is 16.4.